The molecule has 86 valence electrons. The van der Waals surface area contributed by atoms with Gasteiger partial charge < -0.3 is 9.94 Å². The standard InChI is InChI=1S/C11H11Cl2NO2/c1-16-9-4-2-8(3-5-9)10(14-15)6-7-11(12)13/h2-5,7,15H,6H2,1H3. The molecule has 1 N–H and O–H groups in total. The molecule has 0 aromatic heterocycles. The Balaban J connectivity index is 2.84. The quantitative estimate of drug-likeness (QED) is 0.510. The Morgan fingerprint density at radius 2 is 2.00 bits per heavy atom. The minimum Gasteiger partial charge on any atom is -0.497 e. The predicted octanol–water partition coefficient (Wildman–Crippen LogP) is 3.58. The first-order valence-electron chi connectivity index (χ1n) is 4.54. The number of halogens is 2. The largest absolute Gasteiger partial charge is 0.497 e. The van der Waals surface area contributed by atoms with Gasteiger partial charge in [0.25, 0.3) is 0 Å². The summed E-state index contributed by atoms with van der Waals surface area (Å²) < 4.78 is 5.17. The summed E-state index contributed by atoms with van der Waals surface area (Å²) in [4.78, 5) is 0. The van der Waals surface area contributed by atoms with Gasteiger partial charge in [0.05, 0.1) is 12.8 Å². The van der Waals surface area contributed by atoms with Gasteiger partial charge in [-0.1, -0.05) is 28.4 Å². The molecule has 0 aliphatic carbocycles. The average molecular weight is 260 g/mol. The molecule has 0 amide bonds. The molecule has 5 heteroatoms. The van der Waals surface area contributed by atoms with Crippen LogP contribution in [0, 0.1) is 0 Å². The van der Waals surface area contributed by atoms with Crippen LogP contribution in [-0.2, 0) is 0 Å². The molecule has 0 saturated heterocycles. The Morgan fingerprint density at radius 3 is 2.44 bits per heavy atom. The summed E-state index contributed by atoms with van der Waals surface area (Å²) in [6.45, 7) is 0. The van der Waals surface area contributed by atoms with Crippen LogP contribution in [0.1, 0.15) is 12.0 Å². The molecular formula is C11H11Cl2NO2. The maximum absolute atomic E-state index is 8.86. The monoisotopic (exact) mass is 259 g/mol. The summed E-state index contributed by atoms with van der Waals surface area (Å²) in [6.07, 6.45) is 1.92. The minimum absolute atomic E-state index is 0.148. The molecule has 3 nitrogen and oxygen atoms in total. The maximum Gasteiger partial charge on any atom is 0.118 e. The Labute approximate surface area is 104 Å². The van der Waals surface area contributed by atoms with Crippen molar-refractivity contribution in [3.63, 3.8) is 0 Å². The number of ether oxygens (including phenoxy) is 1. The Bertz CT molecular complexity index is 395. The summed E-state index contributed by atoms with van der Waals surface area (Å²) in [5, 5.41) is 12.1. The van der Waals surface area contributed by atoms with E-state index in [0.29, 0.717) is 12.1 Å². The van der Waals surface area contributed by atoms with Crippen LogP contribution < -0.4 is 4.74 Å². The van der Waals surface area contributed by atoms with Crippen LogP contribution in [0.3, 0.4) is 0 Å². The Hall–Kier alpha value is -1.19. The first kappa shape index (κ1) is 12.9. The van der Waals surface area contributed by atoms with Crippen molar-refractivity contribution in [2.24, 2.45) is 5.16 Å². The number of hydrogen-bond acceptors (Lipinski definition) is 3. The van der Waals surface area contributed by atoms with Crippen molar-refractivity contribution >= 4 is 28.9 Å². The molecule has 0 atom stereocenters. The van der Waals surface area contributed by atoms with E-state index in [0.717, 1.165) is 11.3 Å². The van der Waals surface area contributed by atoms with Crippen molar-refractivity contribution in [1.29, 1.82) is 0 Å². The highest BCUT2D eigenvalue weighted by molar-refractivity contribution is 6.55. The second-order valence-electron chi connectivity index (χ2n) is 2.97. The number of rotatable bonds is 4. The van der Waals surface area contributed by atoms with Crippen molar-refractivity contribution in [1.82, 2.24) is 0 Å². The van der Waals surface area contributed by atoms with E-state index in [1.807, 2.05) is 0 Å². The number of nitrogens with zero attached hydrogens (tertiary/aromatic N) is 1. The van der Waals surface area contributed by atoms with E-state index in [-0.39, 0.29) is 4.49 Å². The zero-order valence-electron chi connectivity index (χ0n) is 8.65. The lowest BCUT2D eigenvalue weighted by molar-refractivity contribution is 0.318. The Kier molecular flexibility index (Phi) is 5.15. The van der Waals surface area contributed by atoms with Crippen molar-refractivity contribution in [3.8, 4) is 5.75 Å². The van der Waals surface area contributed by atoms with Gasteiger partial charge in [-0.25, -0.2) is 0 Å². The number of benzene rings is 1. The molecule has 0 bridgehead atoms. The fraction of sp³-hybridized carbons (Fsp3) is 0.182. The van der Waals surface area contributed by atoms with Gasteiger partial charge in [0.2, 0.25) is 0 Å². The molecule has 0 saturated carbocycles. The van der Waals surface area contributed by atoms with E-state index in [1.165, 1.54) is 0 Å². The molecule has 1 rings (SSSR count). The van der Waals surface area contributed by atoms with Crippen LogP contribution in [0.5, 0.6) is 5.75 Å². The van der Waals surface area contributed by atoms with Gasteiger partial charge >= 0.3 is 0 Å². The summed E-state index contributed by atoms with van der Waals surface area (Å²) in [5.74, 6) is 0.743. The van der Waals surface area contributed by atoms with E-state index in [1.54, 1.807) is 37.5 Å². The first-order chi connectivity index (χ1) is 7.67. The molecule has 0 fully saturated rings. The molecule has 0 heterocycles. The molecule has 0 aliphatic heterocycles. The molecule has 0 unspecified atom stereocenters. The summed E-state index contributed by atoms with van der Waals surface area (Å²) >= 11 is 11.0. The third-order valence-corrected chi connectivity index (χ3v) is 2.30. The SMILES string of the molecule is COc1ccc(C(CC=C(Cl)Cl)=NO)cc1. The third kappa shape index (κ3) is 3.76. The normalized spacial score (nSPS) is 11.1. The van der Waals surface area contributed by atoms with E-state index >= 15 is 0 Å². The molecule has 16 heavy (non-hydrogen) atoms. The smallest absolute Gasteiger partial charge is 0.118 e. The zero-order chi connectivity index (χ0) is 12.0. The lowest BCUT2D eigenvalue weighted by Gasteiger charge is -2.03. The van der Waals surface area contributed by atoms with E-state index < -0.39 is 0 Å². The predicted molar refractivity (Wildman–Crippen MR) is 65.7 cm³/mol. The lowest BCUT2D eigenvalue weighted by atomic mass is 10.1. The van der Waals surface area contributed by atoms with Crippen LogP contribution in [0.15, 0.2) is 40.0 Å². The summed E-state index contributed by atoms with van der Waals surface area (Å²) in [7, 11) is 1.59. The second kappa shape index (κ2) is 6.40. The first-order valence-corrected chi connectivity index (χ1v) is 5.29. The van der Waals surface area contributed by atoms with Gasteiger partial charge in [-0.2, -0.15) is 0 Å². The van der Waals surface area contributed by atoms with Gasteiger partial charge in [0.15, 0.2) is 0 Å². The highest BCUT2D eigenvalue weighted by atomic mass is 35.5. The summed E-state index contributed by atoms with van der Waals surface area (Å²) in [6, 6.07) is 7.16. The molecule has 0 aliphatic rings. The maximum atomic E-state index is 8.86. The van der Waals surface area contributed by atoms with E-state index in [2.05, 4.69) is 5.16 Å². The minimum atomic E-state index is 0.148. The third-order valence-electron chi connectivity index (χ3n) is 1.99. The van der Waals surface area contributed by atoms with Gasteiger partial charge in [0, 0.05) is 6.42 Å². The number of oxime groups is 1. The van der Waals surface area contributed by atoms with Gasteiger partial charge in [-0.15, -0.1) is 0 Å². The van der Waals surface area contributed by atoms with Crippen molar-refractivity contribution in [2.75, 3.05) is 7.11 Å². The van der Waals surface area contributed by atoms with Gasteiger partial charge in [-0.05, 0) is 35.9 Å². The number of methoxy groups -OCH3 is 1. The number of hydrogen-bond donors (Lipinski definition) is 1. The lowest BCUT2D eigenvalue weighted by Crippen LogP contribution is -1.99. The van der Waals surface area contributed by atoms with E-state index in [9.17, 15) is 0 Å². The van der Waals surface area contributed by atoms with Crippen LogP contribution >= 0.6 is 23.2 Å². The highest BCUT2D eigenvalue weighted by Crippen LogP contribution is 2.15. The van der Waals surface area contributed by atoms with E-state index in [4.69, 9.17) is 33.1 Å². The highest BCUT2D eigenvalue weighted by Gasteiger charge is 2.03. The van der Waals surface area contributed by atoms with Crippen molar-refractivity contribution in [3.05, 3.63) is 40.4 Å². The molecule has 0 radical (unpaired) electrons. The fourth-order valence-electron chi connectivity index (χ4n) is 1.17. The van der Waals surface area contributed by atoms with Crippen molar-refractivity contribution < 1.29 is 9.94 Å². The van der Waals surface area contributed by atoms with Crippen LogP contribution in [0.2, 0.25) is 0 Å². The second-order valence-corrected chi connectivity index (χ2v) is 3.98. The zero-order valence-corrected chi connectivity index (χ0v) is 10.2. The van der Waals surface area contributed by atoms with Gasteiger partial charge in [0.1, 0.15) is 10.2 Å². The number of allylic oxidation sites excluding steroid dienone is 1. The molecule has 0 spiro atoms. The van der Waals surface area contributed by atoms with Crippen LogP contribution in [-0.4, -0.2) is 18.0 Å². The molecule has 1 aromatic rings. The van der Waals surface area contributed by atoms with Crippen LogP contribution in [0.4, 0.5) is 0 Å². The van der Waals surface area contributed by atoms with Gasteiger partial charge in [-0.3, -0.25) is 0 Å². The summed E-state index contributed by atoms with van der Waals surface area (Å²) in [5.41, 5.74) is 1.27. The Morgan fingerprint density at radius 1 is 1.38 bits per heavy atom. The average Bonchev–Trinajstić information content (AvgIpc) is 2.30. The topological polar surface area (TPSA) is 41.8 Å². The molecular weight excluding hydrogens is 249 g/mol. The fourth-order valence-corrected chi connectivity index (χ4v) is 1.33. The molecule has 1 aromatic carbocycles. The van der Waals surface area contributed by atoms with Crippen LogP contribution in [0.25, 0.3) is 0 Å². The van der Waals surface area contributed by atoms with Crippen molar-refractivity contribution in [2.45, 2.75) is 6.42 Å².